The summed E-state index contributed by atoms with van der Waals surface area (Å²) in [6, 6.07) is 1.67. The van der Waals surface area contributed by atoms with Gasteiger partial charge in [-0.2, -0.15) is 0 Å². The SMILES string of the molecule is NC(=O)c1cc(F)c(OCCCCl)c(F)c1. The Hall–Kier alpha value is -1.36. The molecule has 1 aromatic rings. The van der Waals surface area contributed by atoms with E-state index in [-0.39, 0.29) is 12.2 Å². The molecule has 1 aromatic carbocycles. The van der Waals surface area contributed by atoms with Gasteiger partial charge in [0.1, 0.15) is 0 Å². The Kier molecular flexibility index (Phi) is 4.49. The van der Waals surface area contributed by atoms with E-state index in [1.54, 1.807) is 0 Å². The van der Waals surface area contributed by atoms with Crippen LogP contribution in [0.15, 0.2) is 12.1 Å². The molecule has 0 radical (unpaired) electrons. The summed E-state index contributed by atoms with van der Waals surface area (Å²) in [5.74, 6) is -2.99. The highest BCUT2D eigenvalue weighted by Crippen LogP contribution is 2.23. The standard InChI is InChI=1S/C10H10ClF2NO2/c11-2-1-3-16-9-7(12)4-6(10(14)15)5-8(9)13/h4-5H,1-3H2,(H2,14,15). The van der Waals surface area contributed by atoms with Crippen LogP contribution in [-0.4, -0.2) is 18.4 Å². The van der Waals surface area contributed by atoms with Crippen LogP contribution in [0.3, 0.4) is 0 Å². The van der Waals surface area contributed by atoms with Crippen LogP contribution in [0.4, 0.5) is 8.78 Å². The Bertz CT molecular complexity index is 375. The lowest BCUT2D eigenvalue weighted by Crippen LogP contribution is -2.12. The normalized spacial score (nSPS) is 10.2. The van der Waals surface area contributed by atoms with Gasteiger partial charge in [-0.1, -0.05) is 0 Å². The first kappa shape index (κ1) is 12.7. The Labute approximate surface area is 96.1 Å². The molecule has 0 aliphatic carbocycles. The molecule has 3 nitrogen and oxygen atoms in total. The second-order valence-corrected chi connectivity index (χ2v) is 3.40. The van der Waals surface area contributed by atoms with Gasteiger partial charge in [0, 0.05) is 11.4 Å². The fraction of sp³-hybridized carbons (Fsp3) is 0.300. The lowest BCUT2D eigenvalue weighted by atomic mass is 10.2. The zero-order valence-corrected chi connectivity index (χ0v) is 9.06. The van der Waals surface area contributed by atoms with E-state index in [9.17, 15) is 13.6 Å². The number of hydrogen-bond donors (Lipinski definition) is 1. The number of hydrogen-bond acceptors (Lipinski definition) is 2. The van der Waals surface area contributed by atoms with Crippen molar-refractivity contribution in [2.45, 2.75) is 6.42 Å². The number of nitrogens with two attached hydrogens (primary N) is 1. The van der Waals surface area contributed by atoms with Crippen molar-refractivity contribution >= 4 is 17.5 Å². The number of benzene rings is 1. The van der Waals surface area contributed by atoms with Gasteiger partial charge < -0.3 is 10.5 Å². The highest BCUT2D eigenvalue weighted by Gasteiger charge is 2.14. The van der Waals surface area contributed by atoms with Crippen LogP contribution in [0.2, 0.25) is 0 Å². The molecule has 1 rings (SSSR count). The summed E-state index contributed by atoms with van der Waals surface area (Å²) in [5, 5.41) is 0. The van der Waals surface area contributed by atoms with Gasteiger partial charge in [0.15, 0.2) is 17.4 Å². The summed E-state index contributed by atoms with van der Waals surface area (Å²) in [5.41, 5.74) is 4.66. The monoisotopic (exact) mass is 249 g/mol. The van der Waals surface area contributed by atoms with Gasteiger partial charge in [0.05, 0.1) is 6.61 Å². The molecule has 2 N–H and O–H groups in total. The second-order valence-electron chi connectivity index (χ2n) is 3.02. The van der Waals surface area contributed by atoms with Gasteiger partial charge in [0.2, 0.25) is 5.91 Å². The number of carbonyl (C=O) groups is 1. The van der Waals surface area contributed by atoms with Crippen molar-refractivity contribution in [1.29, 1.82) is 0 Å². The third kappa shape index (κ3) is 3.06. The molecule has 0 atom stereocenters. The fourth-order valence-corrected chi connectivity index (χ4v) is 1.18. The van der Waals surface area contributed by atoms with Gasteiger partial charge in [-0.05, 0) is 18.6 Å². The molecule has 6 heteroatoms. The molecular weight excluding hydrogens is 240 g/mol. The predicted octanol–water partition coefficient (Wildman–Crippen LogP) is 2.07. The minimum Gasteiger partial charge on any atom is -0.488 e. The van der Waals surface area contributed by atoms with Gasteiger partial charge in [0.25, 0.3) is 0 Å². The van der Waals surface area contributed by atoms with E-state index >= 15 is 0 Å². The van der Waals surface area contributed by atoms with Crippen molar-refractivity contribution in [1.82, 2.24) is 0 Å². The highest BCUT2D eigenvalue weighted by atomic mass is 35.5. The number of carbonyl (C=O) groups excluding carboxylic acids is 1. The van der Waals surface area contributed by atoms with Gasteiger partial charge in [-0.3, -0.25) is 4.79 Å². The zero-order chi connectivity index (χ0) is 12.1. The molecular formula is C10H10ClF2NO2. The number of ether oxygens (including phenoxy) is 1. The van der Waals surface area contributed by atoms with E-state index in [4.69, 9.17) is 22.1 Å². The molecule has 0 heterocycles. The Morgan fingerprint density at radius 3 is 2.38 bits per heavy atom. The lowest BCUT2D eigenvalue weighted by molar-refractivity contribution is 0.0999. The van der Waals surface area contributed by atoms with Crippen LogP contribution in [0.1, 0.15) is 16.8 Å². The van der Waals surface area contributed by atoms with E-state index in [0.717, 1.165) is 12.1 Å². The first-order valence-corrected chi connectivity index (χ1v) is 5.07. The van der Waals surface area contributed by atoms with Crippen LogP contribution >= 0.6 is 11.6 Å². The van der Waals surface area contributed by atoms with E-state index in [0.29, 0.717) is 12.3 Å². The minimum absolute atomic E-state index is 0.104. The maximum absolute atomic E-state index is 13.3. The molecule has 88 valence electrons. The molecule has 0 aliphatic heterocycles. The first-order valence-electron chi connectivity index (χ1n) is 4.54. The van der Waals surface area contributed by atoms with E-state index in [1.165, 1.54) is 0 Å². The number of amides is 1. The van der Waals surface area contributed by atoms with Crippen molar-refractivity contribution in [3.05, 3.63) is 29.3 Å². The minimum atomic E-state index is -0.955. The van der Waals surface area contributed by atoms with Crippen LogP contribution in [0.5, 0.6) is 5.75 Å². The van der Waals surface area contributed by atoms with E-state index < -0.39 is 23.3 Å². The van der Waals surface area contributed by atoms with Crippen molar-refractivity contribution < 1.29 is 18.3 Å². The molecule has 0 spiro atoms. The largest absolute Gasteiger partial charge is 0.488 e. The molecule has 1 amide bonds. The maximum atomic E-state index is 13.3. The average molecular weight is 250 g/mol. The average Bonchev–Trinajstić information content (AvgIpc) is 2.21. The lowest BCUT2D eigenvalue weighted by Gasteiger charge is -2.08. The molecule has 0 saturated heterocycles. The molecule has 0 bridgehead atoms. The molecule has 16 heavy (non-hydrogen) atoms. The molecule has 0 aliphatic rings. The molecule has 0 unspecified atom stereocenters. The van der Waals surface area contributed by atoms with Crippen LogP contribution in [-0.2, 0) is 0 Å². The Morgan fingerprint density at radius 1 is 1.38 bits per heavy atom. The summed E-state index contributed by atoms with van der Waals surface area (Å²) in [6.45, 7) is 0.104. The number of rotatable bonds is 5. The number of halogens is 3. The first-order chi connectivity index (χ1) is 7.56. The molecule has 0 aromatic heterocycles. The predicted molar refractivity (Wildman–Crippen MR) is 55.7 cm³/mol. The Morgan fingerprint density at radius 2 is 1.94 bits per heavy atom. The van der Waals surface area contributed by atoms with E-state index in [1.807, 2.05) is 0 Å². The topological polar surface area (TPSA) is 52.3 Å². The Balaban J connectivity index is 2.89. The van der Waals surface area contributed by atoms with Gasteiger partial charge in [-0.25, -0.2) is 8.78 Å². The van der Waals surface area contributed by atoms with Crippen molar-refractivity contribution in [2.24, 2.45) is 5.73 Å². The van der Waals surface area contributed by atoms with Crippen LogP contribution < -0.4 is 10.5 Å². The summed E-state index contributed by atoms with van der Waals surface area (Å²) in [4.78, 5) is 10.7. The van der Waals surface area contributed by atoms with E-state index in [2.05, 4.69) is 0 Å². The fourth-order valence-electron chi connectivity index (χ4n) is 1.07. The number of primary amides is 1. The summed E-state index contributed by atoms with van der Waals surface area (Å²) >= 11 is 5.39. The zero-order valence-electron chi connectivity index (χ0n) is 8.30. The molecule has 0 saturated carbocycles. The summed E-state index contributed by atoms with van der Waals surface area (Å²) < 4.78 is 31.4. The second kappa shape index (κ2) is 5.65. The summed E-state index contributed by atoms with van der Waals surface area (Å²) in [7, 11) is 0. The maximum Gasteiger partial charge on any atom is 0.248 e. The van der Waals surface area contributed by atoms with Crippen LogP contribution in [0, 0.1) is 11.6 Å². The smallest absolute Gasteiger partial charge is 0.248 e. The third-order valence-electron chi connectivity index (χ3n) is 1.81. The van der Waals surface area contributed by atoms with Gasteiger partial charge >= 0.3 is 0 Å². The van der Waals surface area contributed by atoms with Crippen LogP contribution in [0.25, 0.3) is 0 Å². The summed E-state index contributed by atoms with van der Waals surface area (Å²) in [6.07, 6.45) is 0.470. The highest BCUT2D eigenvalue weighted by molar-refractivity contribution is 6.17. The van der Waals surface area contributed by atoms with Crippen molar-refractivity contribution in [3.8, 4) is 5.75 Å². The number of alkyl halides is 1. The van der Waals surface area contributed by atoms with Crippen molar-refractivity contribution in [2.75, 3.05) is 12.5 Å². The van der Waals surface area contributed by atoms with Crippen molar-refractivity contribution in [3.63, 3.8) is 0 Å². The molecule has 0 fully saturated rings. The third-order valence-corrected chi connectivity index (χ3v) is 2.07. The van der Waals surface area contributed by atoms with Gasteiger partial charge in [-0.15, -0.1) is 11.6 Å². The quantitative estimate of drug-likeness (QED) is 0.642.